The molecular formula is C16H15ClN4O2S. The van der Waals surface area contributed by atoms with Gasteiger partial charge in [0.15, 0.2) is 0 Å². The Hall–Kier alpha value is -2.22. The highest BCUT2D eigenvalue weighted by molar-refractivity contribution is 7.17. The van der Waals surface area contributed by atoms with Crippen molar-refractivity contribution in [1.82, 2.24) is 14.9 Å². The number of aromatic nitrogens is 2. The van der Waals surface area contributed by atoms with Crippen molar-refractivity contribution >= 4 is 44.7 Å². The van der Waals surface area contributed by atoms with Crippen LogP contribution in [0.3, 0.4) is 0 Å². The summed E-state index contributed by atoms with van der Waals surface area (Å²) in [5.74, 6) is 0.337. The van der Waals surface area contributed by atoms with E-state index in [0.29, 0.717) is 33.3 Å². The molecule has 0 saturated heterocycles. The lowest BCUT2D eigenvalue weighted by atomic mass is 10.3. The van der Waals surface area contributed by atoms with Gasteiger partial charge in [0.05, 0.1) is 29.3 Å². The molecule has 0 saturated carbocycles. The SMILES string of the molecule is CN(CC(=O)Nc1ccccc1Cl)Cc1nc2ccsc2c(=O)[nH]1. The summed E-state index contributed by atoms with van der Waals surface area (Å²) >= 11 is 7.38. The van der Waals surface area contributed by atoms with E-state index in [0.717, 1.165) is 0 Å². The number of likely N-dealkylation sites (N-methyl/N-ethyl adjacent to an activating group) is 1. The molecule has 0 aliphatic rings. The number of hydrogen-bond acceptors (Lipinski definition) is 5. The number of carbonyl (C=O) groups excluding carboxylic acids is 1. The van der Waals surface area contributed by atoms with Crippen molar-refractivity contribution in [3.63, 3.8) is 0 Å². The summed E-state index contributed by atoms with van der Waals surface area (Å²) in [6.07, 6.45) is 0. The molecular weight excluding hydrogens is 348 g/mol. The Morgan fingerprint density at radius 1 is 1.38 bits per heavy atom. The van der Waals surface area contributed by atoms with Crippen molar-refractivity contribution in [3.05, 3.63) is 56.9 Å². The minimum Gasteiger partial charge on any atom is -0.324 e. The molecule has 0 spiro atoms. The number of rotatable bonds is 5. The van der Waals surface area contributed by atoms with Crippen molar-refractivity contribution in [1.29, 1.82) is 0 Å². The number of carbonyl (C=O) groups is 1. The fourth-order valence-electron chi connectivity index (χ4n) is 2.31. The van der Waals surface area contributed by atoms with Crippen LogP contribution in [0.25, 0.3) is 10.2 Å². The fourth-order valence-corrected chi connectivity index (χ4v) is 3.21. The molecule has 0 fully saturated rings. The molecule has 24 heavy (non-hydrogen) atoms. The van der Waals surface area contributed by atoms with Crippen LogP contribution >= 0.6 is 22.9 Å². The van der Waals surface area contributed by atoms with Crippen LogP contribution in [0.2, 0.25) is 5.02 Å². The number of nitrogens with one attached hydrogen (secondary N) is 2. The summed E-state index contributed by atoms with van der Waals surface area (Å²) < 4.78 is 0.609. The first-order valence-electron chi connectivity index (χ1n) is 7.22. The van der Waals surface area contributed by atoms with Gasteiger partial charge in [0, 0.05) is 0 Å². The van der Waals surface area contributed by atoms with Gasteiger partial charge in [-0.05, 0) is 30.6 Å². The van der Waals surface area contributed by atoms with Crippen molar-refractivity contribution in [2.75, 3.05) is 18.9 Å². The van der Waals surface area contributed by atoms with Crippen LogP contribution < -0.4 is 10.9 Å². The highest BCUT2D eigenvalue weighted by atomic mass is 35.5. The van der Waals surface area contributed by atoms with E-state index in [1.165, 1.54) is 11.3 Å². The normalized spacial score (nSPS) is 11.1. The molecule has 0 aliphatic heterocycles. The second kappa shape index (κ2) is 7.12. The number of benzene rings is 1. The third kappa shape index (κ3) is 3.81. The average molecular weight is 363 g/mol. The van der Waals surface area contributed by atoms with Gasteiger partial charge >= 0.3 is 0 Å². The van der Waals surface area contributed by atoms with Crippen LogP contribution in [0.4, 0.5) is 5.69 Å². The van der Waals surface area contributed by atoms with E-state index in [1.54, 1.807) is 36.2 Å². The Kier molecular flexibility index (Phi) is 4.94. The van der Waals surface area contributed by atoms with Gasteiger partial charge < -0.3 is 10.3 Å². The Balaban J connectivity index is 1.64. The van der Waals surface area contributed by atoms with E-state index in [1.807, 2.05) is 11.4 Å². The number of fused-ring (bicyclic) bond motifs is 1. The van der Waals surface area contributed by atoms with Crippen molar-refractivity contribution < 1.29 is 4.79 Å². The number of thiophene rings is 1. The smallest absolute Gasteiger partial charge is 0.268 e. The average Bonchev–Trinajstić information content (AvgIpc) is 2.98. The zero-order chi connectivity index (χ0) is 17.1. The predicted molar refractivity (Wildman–Crippen MR) is 96.7 cm³/mol. The van der Waals surface area contributed by atoms with E-state index in [4.69, 9.17) is 11.6 Å². The number of amides is 1. The van der Waals surface area contributed by atoms with Gasteiger partial charge in [-0.2, -0.15) is 0 Å². The lowest BCUT2D eigenvalue weighted by molar-refractivity contribution is -0.117. The van der Waals surface area contributed by atoms with Gasteiger partial charge in [0.1, 0.15) is 10.5 Å². The second-order valence-electron chi connectivity index (χ2n) is 5.35. The van der Waals surface area contributed by atoms with E-state index in [9.17, 15) is 9.59 Å². The molecule has 1 aromatic carbocycles. The summed E-state index contributed by atoms with van der Waals surface area (Å²) in [4.78, 5) is 33.0. The molecule has 0 bridgehead atoms. The van der Waals surface area contributed by atoms with Crippen molar-refractivity contribution in [2.45, 2.75) is 6.54 Å². The van der Waals surface area contributed by atoms with Crippen LogP contribution in [0.5, 0.6) is 0 Å². The monoisotopic (exact) mass is 362 g/mol. The van der Waals surface area contributed by atoms with Crippen LogP contribution in [-0.2, 0) is 11.3 Å². The van der Waals surface area contributed by atoms with Crippen LogP contribution in [-0.4, -0.2) is 34.4 Å². The largest absolute Gasteiger partial charge is 0.324 e. The van der Waals surface area contributed by atoms with Gasteiger partial charge in [-0.1, -0.05) is 23.7 Å². The van der Waals surface area contributed by atoms with Crippen LogP contribution in [0.15, 0.2) is 40.5 Å². The van der Waals surface area contributed by atoms with Gasteiger partial charge in [0.2, 0.25) is 5.91 Å². The second-order valence-corrected chi connectivity index (χ2v) is 6.67. The summed E-state index contributed by atoms with van der Waals surface area (Å²) in [7, 11) is 1.78. The molecule has 2 aromatic heterocycles. The number of para-hydroxylation sites is 1. The maximum atomic E-state index is 12.1. The van der Waals surface area contributed by atoms with E-state index < -0.39 is 0 Å². The summed E-state index contributed by atoms with van der Waals surface area (Å²) in [6.45, 7) is 0.508. The number of H-pyrrole nitrogens is 1. The van der Waals surface area contributed by atoms with Crippen LogP contribution in [0.1, 0.15) is 5.82 Å². The Morgan fingerprint density at radius 2 is 2.17 bits per heavy atom. The minimum atomic E-state index is -0.190. The van der Waals surface area contributed by atoms with Gasteiger partial charge in [0.25, 0.3) is 5.56 Å². The standard InChI is InChI=1S/C16H15ClN4O2S/c1-21(9-14(22)19-11-5-3-2-4-10(11)17)8-13-18-12-6-7-24-15(12)16(23)20-13/h2-7H,8-9H2,1H3,(H,19,22)(H,18,20,23). The molecule has 1 amide bonds. The third-order valence-corrected chi connectivity index (χ3v) is 4.58. The zero-order valence-corrected chi connectivity index (χ0v) is 14.4. The molecule has 0 unspecified atom stereocenters. The predicted octanol–water partition coefficient (Wildman–Crippen LogP) is 2.71. The van der Waals surface area contributed by atoms with E-state index >= 15 is 0 Å². The molecule has 6 nitrogen and oxygen atoms in total. The fraction of sp³-hybridized carbons (Fsp3) is 0.188. The van der Waals surface area contributed by atoms with Gasteiger partial charge in [-0.15, -0.1) is 11.3 Å². The molecule has 3 rings (SSSR count). The first-order chi connectivity index (χ1) is 11.5. The minimum absolute atomic E-state index is 0.149. The molecule has 3 aromatic rings. The molecule has 0 radical (unpaired) electrons. The quantitative estimate of drug-likeness (QED) is 0.731. The van der Waals surface area contributed by atoms with Gasteiger partial charge in [-0.25, -0.2) is 4.98 Å². The number of anilines is 1. The highest BCUT2D eigenvalue weighted by Crippen LogP contribution is 2.20. The maximum Gasteiger partial charge on any atom is 0.268 e. The number of aromatic amines is 1. The molecule has 124 valence electrons. The van der Waals surface area contributed by atoms with Crippen molar-refractivity contribution in [2.24, 2.45) is 0 Å². The summed E-state index contributed by atoms with van der Waals surface area (Å²) in [6, 6.07) is 8.86. The maximum absolute atomic E-state index is 12.1. The topological polar surface area (TPSA) is 78.1 Å². The molecule has 2 heterocycles. The summed E-state index contributed by atoms with van der Waals surface area (Å²) in [5.41, 5.74) is 1.09. The number of halogens is 1. The Labute approximate surface area is 147 Å². The van der Waals surface area contributed by atoms with Gasteiger partial charge in [-0.3, -0.25) is 14.5 Å². The van der Waals surface area contributed by atoms with Crippen LogP contribution in [0, 0.1) is 0 Å². The first kappa shape index (κ1) is 16.6. The Morgan fingerprint density at radius 3 is 2.96 bits per heavy atom. The first-order valence-corrected chi connectivity index (χ1v) is 8.48. The highest BCUT2D eigenvalue weighted by Gasteiger charge is 2.11. The zero-order valence-electron chi connectivity index (χ0n) is 12.9. The molecule has 2 N–H and O–H groups in total. The number of nitrogens with zero attached hydrogens (tertiary/aromatic N) is 2. The molecule has 8 heteroatoms. The Bertz CT molecular complexity index is 937. The lowest BCUT2D eigenvalue weighted by Crippen LogP contribution is -2.31. The van der Waals surface area contributed by atoms with Crippen molar-refractivity contribution in [3.8, 4) is 0 Å². The van der Waals surface area contributed by atoms with E-state index in [2.05, 4.69) is 15.3 Å². The molecule has 0 atom stereocenters. The number of hydrogen-bond donors (Lipinski definition) is 2. The lowest BCUT2D eigenvalue weighted by Gasteiger charge is -2.16. The van der Waals surface area contributed by atoms with E-state index in [-0.39, 0.29) is 18.0 Å². The summed E-state index contributed by atoms with van der Waals surface area (Å²) in [5, 5.41) is 5.08. The third-order valence-electron chi connectivity index (χ3n) is 3.35. The molecule has 0 aliphatic carbocycles.